The van der Waals surface area contributed by atoms with Crippen molar-refractivity contribution in [2.45, 2.75) is 12.5 Å². The molecule has 0 N–H and O–H groups in total. The molecule has 2 aromatic carbocycles. The van der Waals surface area contributed by atoms with E-state index >= 15 is 0 Å². The van der Waals surface area contributed by atoms with Crippen LogP contribution < -0.4 is 4.74 Å². The first-order chi connectivity index (χ1) is 8.70. The highest BCUT2D eigenvalue weighted by atomic mass is 79.9. The van der Waals surface area contributed by atoms with Crippen LogP contribution in [-0.2, 0) is 12.5 Å². The maximum absolute atomic E-state index is 6.12. The Morgan fingerprint density at radius 3 is 2.56 bits per heavy atom. The van der Waals surface area contributed by atoms with Gasteiger partial charge < -0.3 is 4.74 Å². The van der Waals surface area contributed by atoms with Crippen LogP contribution in [0.2, 0.25) is 5.02 Å². The molecule has 4 heteroatoms. The van der Waals surface area contributed by atoms with Gasteiger partial charge in [-0.05, 0) is 23.8 Å². The van der Waals surface area contributed by atoms with Crippen LogP contribution in [0.5, 0.6) is 5.75 Å². The van der Waals surface area contributed by atoms with Gasteiger partial charge in [0.05, 0.1) is 5.02 Å². The summed E-state index contributed by atoms with van der Waals surface area (Å²) in [5, 5.41) is 0.584. The lowest BCUT2D eigenvalue weighted by Gasteiger charge is -2.10. The summed E-state index contributed by atoms with van der Waals surface area (Å²) < 4.78 is 6.72. The van der Waals surface area contributed by atoms with Crippen LogP contribution in [0.25, 0.3) is 0 Å². The van der Waals surface area contributed by atoms with E-state index in [2.05, 4.69) is 15.9 Å². The third-order valence-electron chi connectivity index (χ3n) is 2.49. The van der Waals surface area contributed by atoms with Gasteiger partial charge in [-0.15, -0.1) is 11.6 Å². The van der Waals surface area contributed by atoms with E-state index in [4.69, 9.17) is 27.9 Å². The van der Waals surface area contributed by atoms with E-state index in [0.717, 1.165) is 15.6 Å². The number of rotatable bonds is 4. The molecular formula is C14H11BrCl2O. The second-order valence-corrected chi connectivity index (χ2v) is 5.31. The van der Waals surface area contributed by atoms with E-state index in [1.807, 2.05) is 42.5 Å². The fourth-order valence-corrected chi connectivity index (χ4v) is 2.34. The molecule has 2 rings (SSSR count). The zero-order valence-electron chi connectivity index (χ0n) is 9.50. The van der Waals surface area contributed by atoms with E-state index in [-0.39, 0.29) is 0 Å². The van der Waals surface area contributed by atoms with Crippen LogP contribution in [0.15, 0.2) is 46.9 Å². The Morgan fingerprint density at radius 1 is 1.11 bits per heavy atom. The molecular weight excluding hydrogens is 335 g/mol. The molecule has 0 atom stereocenters. The molecule has 0 aromatic heterocycles. The molecule has 0 saturated heterocycles. The van der Waals surface area contributed by atoms with Crippen LogP contribution in [-0.4, -0.2) is 0 Å². The predicted molar refractivity (Wildman–Crippen MR) is 79.5 cm³/mol. The maximum Gasteiger partial charge on any atom is 0.138 e. The molecule has 18 heavy (non-hydrogen) atoms. The van der Waals surface area contributed by atoms with Crippen LogP contribution >= 0.6 is 39.1 Å². The Bertz CT molecular complexity index is 543. The summed E-state index contributed by atoms with van der Waals surface area (Å²) >= 11 is 15.3. The van der Waals surface area contributed by atoms with Gasteiger partial charge in [-0.2, -0.15) is 0 Å². The van der Waals surface area contributed by atoms with E-state index < -0.39 is 0 Å². The van der Waals surface area contributed by atoms with Gasteiger partial charge in [-0.1, -0.05) is 51.8 Å². The lowest BCUT2D eigenvalue weighted by atomic mass is 10.2. The van der Waals surface area contributed by atoms with Crippen LogP contribution in [0.4, 0.5) is 0 Å². The molecule has 0 spiro atoms. The normalized spacial score (nSPS) is 10.4. The second kappa shape index (κ2) is 6.46. The van der Waals surface area contributed by atoms with Crippen LogP contribution in [0, 0.1) is 0 Å². The monoisotopic (exact) mass is 344 g/mol. The maximum atomic E-state index is 6.12. The molecule has 94 valence electrons. The lowest BCUT2D eigenvalue weighted by molar-refractivity contribution is 0.305. The highest BCUT2D eigenvalue weighted by Gasteiger charge is 2.04. The Morgan fingerprint density at radius 2 is 1.89 bits per heavy atom. The molecule has 1 nitrogen and oxygen atoms in total. The fourth-order valence-electron chi connectivity index (χ4n) is 1.52. The van der Waals surface area contributed by atoms with Crippen molar-refractivity contribution < 1.29 is 4.74 Å². The SMILES string of the molecule is ClCc1ccc(OCc2ccccc2Br)c(Cl)c1. The van der Waals surface area contributed by atoms with E-state index in [0.29, 0.717) is 23.3 Å². The standard InChI is InChI=1S/C14H11BrCl2O/c15-12-4-2-1-3-11(12)9-18-14-6-5-10(8-16)7-13(14)17/h1-7H,8-9H2. The van der Waals surface area contributed by atoms with Gasteiger partial charge >= 0.3 is 0 Å². The quantitative estimate of drug-likeness (QED) is 0.672. The van der Waals surface area contributed by atoms with Crippen molar-refractivity contribution >= 4 is 39.1 Å². The van der Waals surface area contributed by atoms with Gasteiger partial charge in [0.1, 0.15) is 12.4 Å². The summed E-state index contributed by atoms with van der Waals surface area (Å²) in [4.78, 5) is 0. The third kappa shape index (κ3) is 3.41. The highest BCUT2D eigenvalue weighted by molar-refractivity contribution is 9.10. The molecule has 0 saturated carbocycles. The molecule has 0 aliphatic rings. The summed E-state index contributed by atoms with van der Waals surface area (Å²) in [5.74, 6) is 1.12. The number of hydrogen-bond acceptors (Lipinski definition) is 1. The van der Waals surface area contributed by atoms with Crippen molar-refractivity contribution in [3.05, 3.63) is 63.1 Å². The van der Waals surface area contributed by atoms with Crippen molar-refractivity contribution in [1.82, 2.24) is 0 Å². The van der Waals surface area contributed by atoms with Gasteiger partial charge in [0, 0.05) is 15.9 Å². The Kier molecular flexibility index (Phi) is 4.93. The largest absolute Gasteiger partial charge is 0.487 e. The van der Waals surface area contributed by atoms with Crippen molar-refractivity contribution in [3.63, 3.8) is 0 Å². The lowest BCUT2D eigenvalue weighted by Crippen LogP contribution is -1.97. The number of ether oxygens (including phenoxy) is 1. The van der Waals surface area contributed by atoms with Gasteiger partial charge in [-0.3, -0.25) is 0 Å². The summed E-state index contributed by atoms with van der Waals surface area (Å²) in [5.41, 5.74) is 2.06. The van der Waals surface area contributed by atoms with Crippen molar-refractivity contribution in [2.75, 3.05) is 0 Å². The molecule has 0 unspecified atom stereocenters. The summed E-state index contributed by atoms with van der Waals surface area (Å²) in [6, 6.07) is 13.5. The average molecular weight is 346 g/mol. The van der Waals surface area contributed by atoms with Gasteiger partial charge in [0.25, 0.3) is 0 Å². The molecule has 0 aliphatic carbocycles. The highest BCUT2D eigenvalue weighted by Crippen LogP contribution is 2.27. The Hall–Kier alpha value is -0.700. The number of hydrogen-bond donors (Lipinski definition) is 0. The topological polar surface area (TPSA) is 9.23 Å². The number of benzene rings is 2. The predicted octanol–water partition coefficient (Wildman–Crippen LogP) is 5.42. The number of alkyl halides is 1. The zero-order chi connectivity index (χ0) is 13.0. The van der Waals surface area contributed by atoms with Gasteiger partial charge in [0.15, 0.2) is 0 Å². The van der Waals surface area contributed by atoms with E-state index in [9.17, 15) is 0 Å². The molecule has 0 amide bonds. The summed E-state index contributed by atoms with van der Waals surface area (Å²) in [7, 11) is 0. The smallest absolute Gasteiger partial charge is 0.138 e. The molecule has 2 aromatic rings. The van der Waals surface area contributed by atoms with Gasteiger partial charge in [-0.25, -0.2) is 0 Å². The Balaban J connectivity index is 2.09. The summed E-state index contributed by atoms with van der Waals surface area (Å²) in [6.45, 7) is 0.474. The first-order valence-electron chi connectivity index (χ1n) is 5.41. The fraction of sp³-hybridized carbons (Fsp3) is 0.143. The Labute approximate surface area is 125 Å². The first kappa shape index (κ1) is 13.7. The van der Waals surface area contributed by atoms with Crippen LogP contribution in [0.1, 0.15) is 11.1 Å². The van der Waals surface area contributed by atoms with E-state index in [1.165, 1.54) is 0 Å². The molecule has 0 fully saturated rings. The molecule has 0 aliphatic heterocycles. The average Bonchev–Trinajstić information content (AvgIpc) is 2.39. The molecule has 0 heterocycles. The van der Waals surface area contributed by atoms with Crippen molar-refractivity contribution in [3.8, 4) is 5.75 Å². The zero-order valence-corrected chi connectivity index (χ0v) is 12.6. The second-order valence-electron chi connectivity index (χ2n) is 3.78. The first-order valence-corrected chi connectivity index (χ1v) is 7.12. The molecule has 0 radical (unpaired) electrons. The van der Waals surface area contributed by atoms with Crippen LogP contribution in [0.3, 0.4) is 0 Å². The summed E-state index contributed by atoms with van der Waals surface area (Å²) in [6.07, 6.45) is 0. The van der Waals surface area contributed by atoms with E-state index in [1.54, 1.807) is 0 Å². The minimum absolute atomic E-state index is 0.449. The minimum atomic E-state index is 0.449. The third-order valence-corrected chi connectivity index (χ3v) is 3.87. The van der Waals surface area contributed by atoms with Gasteiger partial charge in [0.2, 0.25) is 0 Å². The van der Waals surface area contributed by atoms with Crippen molar-refractivity contribution in [1.29, 1.82) is 0 Å². The number of halogens is 3. The molecule has 0 bridgehead atoms. The van der Waals surface area contributed by atoms with Crippen molar-refractivity contribution in [2.24, 2.45) is 0 Å². The minimum Gasteiger partial charge on any atom is -0.487 e.